The molecule has 0 bridgehead atoms. The summed E-state index contributed by atoms with van der Waals surface area (Å²) in [4.78, 5) is 1.50. The molecule has 4 heteroatoms. The molecule has 1 unspecified atom stereocenters. The van der Waals surface area contributed by atoms with E-state index in [0.29, 0.717) is 0 Å². The van der Waals surface area contributed by atoms with E-state index < -0.39 is 0 Å². The van der Waals surface area contributed by atoms with Gasteiger partial charge in [-0.1, -0.05) is 39.7 Å². The lowest BCUT2D eigenvalue weighted by molar-refractivity contribution is 1.21. The van der Waals surface area contributed by atoms with Crippen molar-refractivity contribution in [2.24, 2.45) is 0 Å². The Morgan fingerprint density at radius 2 is 1.80 bits per heavy atom. The van der Waals surface area contributed by atoms with Gasteiger partial charge in [-0.25, -0.2) is 0 Å². The number of hydrogen-bond donors (Lipinski definition) is 0. The first-order chi connectivity index (χ1) is 7.18. The molecule has 78 valence electrons. The summed E-state index contributed by atoms with van der Waals surface area (Å²) < 4.78 is 1.14. The Morgan fingerprint density at radius 3 is 2.33 bits per heavy atom. The fraction of sp³-hybridized carbons (Fsp3) is 0.0909. The van der Waals surface area contributed by atoms with Crippen LogP contribution in [-0.4, -0.2) is 0 Å². The lowest BCUT2D eigenvalue weighted by Gasteiger charge is -2.08. The molecular weight excluding hydrogens is 359 g/mol. The number of halogens is 3. The lowest BCUT2D eigenvalue weighted by atomic mass is 10.1. The minimum atomic E-state index is 0.226. The molecule has 0 fully saturated rings. The average Bonchev–Trinajstić information content (AvgIpc) is 2.65. The van der Waals surface area contributed by atoms with Gasteiger partial charge in [-0.3, -0.25) is 0 Å². The number of benzene rings is 1. The normalized spacial score (nSPS) is 12.7. The Balaban J connectivity index is 2.32. The van der Waals surface area contributed by atoms with Crippen molar-refractivity contribution in [2.45, 2.75) is 4.83 Å². The Kier molecular flexibility index (Phi) is 3.88. The number of alkyl halides is 1. The standard InChI is InChI=1S/C11H7Br2ClS/c12-9-5-6-15-11(9)10(13)7-1-3-8(14)4-2-7/h1-6,10H. The quantitative estimate of drug-likeness (QED) is 0.603. The highest BCUT2D eigenvalue weighted by molar-refractivity contribution is 9.11. The van der Waals surface area contributed by atoms with Crippen LogP contribution in [0.5, 0.6) is 0 Å². The molecule has 0 aliphatic rings. The van der Waals surface area contributed by atoms with E-state index in [9.17, 15) is 0 Å². The van der Waals surface area contributed by atoms with Gasteiger partial charge in [0.1, 0.15) is 0 Å². The van der Waals surface area contributed by atoms with Crippen LogP contribution in [0.15, 0.2) is 40.2 Å². The predicted octanol–water partition coefficient (Wildman–Crippen LogP) is 5.65. The minimum absolute atomic E-state index is 0.226. The predicted molar refractivity (Wildman–Crippen MR) is 74.2 cm³/mol. The van der Waals surface area contributed by atoms with Crippen molar-refractivity contribution in [3.05, 3.63) is 55.6 Å². The number of thiophene rings is 1. The van der Waals surface area contributed by atoms with Crippen molar-refractivity contribution in [1.29, 1.82) is 0 Å². The van der Waals surface area contributed by atoms with E-state index in [2.05, 4.69) is 43.3 Å². The molecule has 15 heavy (non-hydrogen) atoms. The molecule has 0 radical (unpaired) electrons. The molecule has 1 aromatic heterocycles. The van der Waals surface area contributed by atoms with Crippen LogP contribution < -0.4 is 0 Å². The molecule has 2 rings (SSSR count). The summed E-state index contributed by atoms with van der Waals surface area (Å²) in [5, 5.41) is 2.84. The summed E-state index contributed by atoms with van der Waals surface area (Å²) in [7, 11) is 0. The van der Waals surface area contributed by atoms with E-state index in [1.807, 2.05) is 24.3 Å². The van der Waals surface area contributed by atoms with Gasteiger partial charge in [-0.15, -0.1) is 11.3 Å². The summed E-state index contributed by atoms with van der Waals surface area (Å²) in [5.41, 5.74) is 1.21. The van der Waals surface area contributed by atoms with Crippen LogP contribution in [0.3, 0.4) is 0 Å². The zero-order valence-corrected chi connectivity index (χ0v) is 12.3. The van der Waals surface area contributed by atoms with Gasteiger partial charge < -0.3 is 0 Å². The van der Waals surface area contributed by atoms with E-state index in [1.54, 1.807) is 11.3 Å². The van der Waals surface area contributed by atoms with Crippen molar-refractivity contribution >= 4 is 54.8 Å². The molecule has 1 heterocycles. The van der Waals surface area contributed by atoms with Crippen LogP contribution in [-0.2, 0) is 0 Å². The topological polar surface area (TPSA) is 0 Å². The van der Waals surface area contributed by atoms with Crippen LogP contribution in [0, 0.1) is 0 Å². The number of hydrogen-bond acceptors (Lipinski definition) is 1. The maximum absolute atomic E-state index is 5.85. The highest BCUT2D eigenvalue weighted by Crippen LogP contribution is 2.38. The molecule has 0 saturated carbocycles. The summed E-state index contributed by atoms with van der Waals surface area (Å²) in [6, 6.07) is 9.95. The zero-order valence-electron chi connectivity index (χ0n) is 7.58. The summed E-state index contributed by atoms with van der Waals surface area (Å²) in [6.07, 6.45) is 0. The van der Waals surface area contributed by atoms with Crippen molar-refractivity contribution in [3.8, 4) is 0 Å². The zero-order chi connectivity index (χ0) is 10.8. The summed E-state index contributed by atoms with van der Waals surface area (Å²) >= 11 is 14.8. The Labute approximate surface area is 115 Å². The number of rotatable bonds is 2. The van der Waals surface area contributed by atoms with Crippen molar-refractivity contribution in [3.63, 3.8) is 0 Å². The van der Waals surface area contributed by atoms with Crippen molar-refractivity contribution < 1.29 is 0 Å². The third kappa shape index (κ3) is 2.64. The van der Waals surface area contributed by atoms with Gasteiger partial charge in [-0.05, 0) is 45.1 Å². The molecule has 0 aliphatic carbocycles. The highest BCUT2D eigenvalue weighted by Gasteiger charge is 2.14. The fourth-order valence-electron chi connectivity index (χ4n) is 1.27. The summed E-state index contributed by atoms with van der Waals surface area (Å²) in [5.74, 6) is 0. The first-order valence-electron chi connectivity index (χ1n) is 4.31. The van der Waals surface area contributed by atoms with E-state index >= 15 is 0 Å². The van der Waals surface area contributed by atoms with Gasteiger partial charge in [-0.2, -0.15) is 0 Å². The molecule has 1 aromatic carbocycles. The summed E-state index contributed by atoms with van der Waals surface area (Å²) in [6.45, 7) is 0. The monoisotopic (exact) mass is 364 g/mol. The van der Waals surface area contributed by atoms with Crippen molar-refractivity contribution in [2.75, 3.05) is 0 Å². The molecule has 0 nitrogen and oxygen atoms in total. The van der Waals surface area contributed by atoms with E-state index in [1.165, 1.54) is 10.4 Å². The molecule has 0 amide bonds. The van der Waals surface area contributed by atoms with Crippen LogP contribution >= 0.6 is 54.8 Å². The second-order valence-electron chi connectivity index (χ2n) is 3.05. The smallest absolute Gasteiger partial charge is 0.0749 e. The molecule has 1 atom stereocenters. The third-order valence-electron chi connectivity index (χ3n) is 2.04. The SMILES string of the molecule is Clc1ccc(C(Br)c2sccc2Br)cc1. The second kappa shape index (κ2) is 5.00. The molecular formula is C11H7Br2ClS. The minimum Gasteiger partial charge on any atom is -0.146 e. The molecule has 0 saturated heterocycles. The van der Waals surface area contributed by atoms with Crippen LogP contribution in [0.2, 0.25) is 5.02 Å². The van der Waals surface area contributed by atoms with Gasteiger partial charge >= 0.3 is 0 Å². The maximum atomic E-state index is 5.85. The van der Waals surface area contributed by atoms with Gasteiger partial charge in [0.15, 0.2) is 0 Å². The Morgan fingerprint density at radius 1 is 1.13 bits per heavy atom. The first kappa shape index (κ1) is 11.6. The largest absolute Gasteiger partial charge is 0.146 e. The third-order valence-corrected chi connectivity index (χ3v) is 5.51. The maximum Gasteiger partial charge on any atom is 0.0749 e. The van der Waals surface area contributed by atoms with Crippen LogP contribution in [0.4, 0.5) is 0 Å². The van der Waals surface area contributed by atoms with E-state index in [4.69, 9.17) is 11.6 Å². The Hall–Kier alpha value is 0.170. The highest BCUT2D eigenvalue weighted by atomic mass is 79.9. The fourth-order valence-corrected chi connectivity index (χ4v) is 4.18. The van der Waals surface area contributed by atoms with Crippen LogP contribution in [0.25, 0.3) is 0 Å². The molecule has 0 N–H and O–H groups in total. The second-order valence-corrected chi connectivity index (χ2v) is 6.20. The van der Waals surface area contributed by atoms with Gasteiger partial charge in [0.05, 0.1) is 4.83 Å². The first-order valence-corrected chi connectivity index (χ1v) is 7.27. The van der Waals surface area contributed by atoms with Gasteiger partial charge in [0, 0.05) is 14.4 Å². The van der Waals surface area contributed by atoms with Gasteiger partial charge in [0.25, 0.3) is 0 Å². The van der Waals surface area contributed by atoms with Gasteiger partial charge in [0.2, 0.25) is 0 Å². The van der Waals surface area contributed by atoms with Crippen molar-refractivity contribution in [1.82, 2.24) is 0 Å². The average molecular weight is 367 g/mol. The molecule has 0 aliphatic heterocycles. The van der Waals surface area contributed by atoms with E-state index in [-0.39, 0.29) is 4.83 Å². The van der Waals surface area contributed by atoms with Crippen LogP contribution in [0.1, 0.15) is 15.3 Å². The van der Waals surface area contributed by atoms with E-state index in [0.717, 1.165) is 9.50 Å². The lowest BCUT2D eigenvalue weighted by Crippen LogP contribution is -1.89. The molecule has 0 spiro atoms. The Bertz CT molecular complexity index is 450. The molecule has 2 aromatic rings.